The second-order valence-corrected chi connectivity index (χ2v) is 4.97. The van der Waals surface area contributed by atoms with Crippen LogP contribution in [0.15, 0.2) is 0 Å². The van der Waals surface area contributed by atoms with E-state index in [9.17, 15) is 13.2 Å². The Morgan fingerprint density at radius 1 is 1.21 bits per heavy atom. The van der Waals surface area contributed by atoms with Crippen molar-refractivity contribution in [2.24, 2.45) is 5.73 Å². The molecule has 0 amide bonds. The van der Waals surface area contributed by atoms with E-state index in [1.165, 1.54) is 0 Å². The predicted molar refractivity (Wildman–Crippen MR) is 55.5 cm³/mol. The maximum Gasteiger partial charge on any atom is 0.402 e. The molecule has 0 aromatic carbocycles. The summed E-state index contributed by atoms with van der Waals surface area (Å²) in [7, 11) is 0. The maximum absolute atomic E-state index is 12.6. The molecule has 0 aliphatic heterocycles. The van der Waals surface area contributed by atoms with E-state index in [1.807, 2.05) is 6.92 Å². The van der Waals surface area contributed by atoms with E-state index < -0.39 is 17.5 Å². The molecule has 86 valence electrons. The summed E-state index contributed by atoms with van der Waals surface area (Å²) in [5, 5.41) is -1.43. The minimum absolute atomic E-state index is 0.000718. The van der Waals surface area contributed by atoms with Gasteiger partial charge in [-0.15, -0.1) is 11.8 Å². The highest BCUT2D eigenvalue weighted by molar-refractivity contribution is 8.00. The Kier molecular flexibility index (Phi) is 5.90. The zero-order valence-electron chi connectivity index (χ0n) is 8.77. The summed E-state index contributed by atoms with van der Waals surface area (Å²) in [6.07, 6.45) is -3.11. The first kappa shape index (κ1) is 14.1. The highest BCUT2D eigenvalue weighted by Crippen LogP contribution is 2.36. The third kappa shape index (κ3) is 4.55. The number of hydrogen-bond donors (Lipinski definition) is 1. The van der Waals surface area contributed by atoms with E-state index in [1.54, 1.807) is 13.8 Å². The molecule has 0 fully saturated rings. The van der Waals surface area contributed by atoms with E-state index in [-0.39, 0.29) is 5.25 Å². The van der Waals surface area contributed by atoms with Crippen molar-refractivity contribution in [1.29, 1.82) is 0 Å². The number of nitrogens with two attached hydrogens (primary N) is 1. The summed E-state index contributed by atoms with van der Waals surface area (Å²) < 4.78 is 37.7. The molecule has 1 nitrogen and oxygen atoms in total. The van der Waals surface area contributed by atoms with Crippen molar-refractivity contribution in [3.8, 4) is 0 Å². The van der Waals surface area contributed by atoms with E-state index in [0.29, 0.717) is 6.42 Å². The van der Waals surface area contributed by atoms with E-state index in [0.717, 1.165) is 18.2 Å². The van der Waals surface area contributed by atoms with E-state index in [2.05, 4.69) is 0 Å². The van der Waals surface area contributed by atoms with Gasteiger partial charge in [-0.2, -0.15) is 13.2 Å². The third-order valence-corrected chi connectivity index (χ3v) is 3.84. The van der Waals surface area contributed by atoms with E-state index >= 15 is 0 Å². The van der Waals surface area contributed by atoms with Gasteiger partial charge in [-0.25, -0.2) is 0 Å². The van der Waals surface area contributed by atoms with Gasteiger partial charge in [0.25, 0.3) is 0 Å². The van der Waals surface area contributed by atoms with Crippen molar-refractivity contribution in [1.82, 2.24) is 0 Å². The maximum atomic E-state index is 12.6. The van der Waals surface area contributed by atoms with Crippen molar-refractivity contribution in [3.05, 3.63) is 0 Å². The molecule has 0 rings (SSSR count). The number of rotatable bonds is 5. The summed E-state index contributed by atoms with van der Waals surface area (Å²) in [5.41, 5.74) is 5.47. The molecule has 0 aliphatic rings. The average molecular weight is 229 g/mol. The molecule has 0 saturated heterocycles. The molecule has 2 N–H and O–H groups in total. The quantitative estimate of drug-likeness (QED) is 0.783. The second kappa shape index (κ2) is 5.85. The molecule has 0 spiro atoms. The second-order valence-electron chi connectivity index (χ2n) is 3.39. The van der Waals surface area contributed by atoms with Gasteiger partial charge in [-0.1, -0.05) is 20.8 Å². The van der Waals surface area contributed by atoms with Gasteiger partial charge in [0.05, 0.1) is 0 Å². The van der Waals surface area contributed by atoms with Gasteiger partial charge in [0, 0.05) is 11.3 Å². The molecule has 3 unspecified atom stereocenters. The molecule has 3 atom stereocenters. The molecule has 0 radical (unpaired) electrons. The zero-order valence-corrected chi connectivity index (χ0v) is 9.58. The molecule has 0 aromatic heterocycles. The monoisotopic (exact) mass is 229 g/mol. The lowest BCUT2D eigenvalue weighted by Gasteiger charge is -2.27. The first-order valence-electron chi connectivity index (χ1n) is 4.80. The lowest BCUT2D eigenvalue weighted by molar-refractivity contribution is -0.132. The minimum atomic E-state index is -4.19. The van der Waals surface area contributed by atoms with Crippen molar-refractivity contribution < 1.29 is 13.2 Å². The standard InChI is InChI=1S/C9H18F3NS/c1-4-6(3)14-8(7(13)5-2)9(10,11)12/h6-8H,4-5,13H2,1-3H3. The Morgan fingerprint density at radius 3 is 2.00 bits per heavy atom. The molecule has 0 bridgehead atoms. The summed E-state index contributed by atoms with van der Waals surface area (Å²) >= 11 is 0.934. The molecule has 0 aromatic rings. The molecular weight excluding hydrogens is 211 g/mol. The smallest absolute Gasteiger partial charge is 0.326 e. The van der Waals surface area contributed by atoms with Crippen LogP contribution in [0.3, 0.4) is 0 Å². The van der Waals surface area contributed by atoms with Gasteiger partial charge in [0.1, 0.15) is 5.25 Å². The molecule has 0 heterocycles. The van der Waals surface area contributed by atoms with E-state index in [4.69, 9.17) is 5.73 Å². The summed E-state index contributed by atoms with van der Waals surface area (Å²) in [6.45, 7) is 5.36. The van der Waals surface area contributed by atoms with Crippen molar-refractivity contribution in [2.75, 3.05) is 0 Å². The van der Waals surface area contributed by atoms with Gasteiger partial charge in [0.2, 0.25) is 0 Å². The lowest BCUT2D eigenvalue weighted by atomic mass is 10.1. The Bertz CT molecular complexity index is 161. The average Bonchev–Trinajstić information content (AvgIpc) is 2.10. The van der Waals surface area contributed by atoms with Gasteiger partial charge in [-0.3, -0.25) is 0 Å². The first-order valence-corrected chi connectivity index (χ1v) is 5.74. The topological polar surface area (TPSA) is 26.0 Å². The van der Waals surface area contributed by atoms with Crippen molar-refractivity contribution in [2.45, 2.75) is 56.3 Å². The van der Waals surface area contributed by atoms with Gasteiger partial charge >= 0.3 is 6.18 Å². The SMILES string of the molecule is CCC(C)SC(C(N)CC)C(F)(F)F. The summed E-state index contributed by atoms with van der Waals surface area (Å²) in [6, 6.07) is -0.797. The van der Waals surface area contributed by atoms with Crippen LogP contribution in [0.4, 0.5) is 13.2 Å². The lowest BCUT2D eigenvalue weighted by Crippen LogP contribution is -2.43. The zero-order chi connectivity index (χ0) is 11.4. The van der Waals surface area contributed by atoms with Gasteiger partial charge in [0.15, 0.2) is 0 Å². The number of thioether (sulfide) groups is 1. The van der Waals surface area contributed by atoms with Crippen LogP contribution in [-0.2, 0) is 0 Å². The van der Waals surface area contributed by atoms with Crippen LogP contribution in [0.1, 0.15) is 33.6 Å². The first-order chi connectivity index (χ1) is 6.32. The summed E-state index contributed by atoms with van der Waals surface area (Å²) in [5.74, 6) is 0. The van der Waals surface area contributed by atoms with Crippen LogP contribution < -0.4 is 5.73 Å². The Morgan fingerprint density at radius 2 is 1.71 bits per heavy atom. The molecule has 0 saturated carbocycles. The van der Waals surface area contributed by atoms with Crippen LogP contribution in [0, 0.1) is 0 Å². The van der Waals surface area contributed by atoms with Crippen molar-refractivity contribution >= 4 is 11.8 Å². The van der Waals surface area contributed by atoms with Gasteiger partial charge in [-0.05, 0) is 12.8 Å². The fraction of sp³-hybridized carbons (Fsp3) is 1.00. The minimum Gasteiger partial charge on any atom is -0.326 e. The predicted octanol–water partition coefficient (Wildman–Crippen LogP) is 3.19. The van der Waals surface area contributed by atoms with Gasteiger partial charge < -0.3 is 5.73 Å². The van der Waals surface area contributed by atoms with Crippen LogP contribution in [0.25, 0.3) is 0 Å². The fourth-order valence-corrected chi connectivity index (χ4v) is 2.22. The molecule has 14 heavy (non-hydrogen) atoms. The molecule has 5 heteroatoms. The number of alkyl halides is 3. The van der Waals surface area contributed by atoms with Crippen molar-refractivity contribution in [3.63, 3.8) is 0 Å². The highest BCUT2D eigenvalue weighted by atomic mass is 32.2. The number of hydrogen-bond acceptors (Lipinski definition) is 2. The fourth-order valence-electron chi connectivity index (χ4n) is 0.981. The number of halogens is 3. The third-order valence-electron chi connectivity index (χ3n) is 2.14. The van der Waals surface area contributed by atoms with Crippen LogP contribution in [0.2, 0.25) is 0 Å². The Labute approximate surface area is 87.6 Å². The Balaban J connectivity index is 4.41. The Hall–Kier alpha value is 0.100. The van der Waals surface area contributed by atoms with Crippen LogP contribution in [0.5, 0.6) is 0 Å². The molecule has 0 aliphatic carbocycles. The van der Waals surface area contributed by atoms with Crippen LogP contribution in [-0.4, -0.2) is 22.7 Å². The largest absolute Gasteiger partial charge is 0.402 e. The highest BCUT2D eigenvalue weighted by Gasteiger charge is 2.43. The normalized spacial score (nSPS) is 19.1. The summed E-state index contributed by atoms with van der Waals surface area (Å²) in [4.78, 5) is 0. The molecular formula is C9H18F3NS. The van der Waals surface area contributed by atoms with Crippen LogP contribution >= 0.6 is 11.8 Å².